The van der Waals surface area contributed by atoms with Crippen LogP contribution in [0, 0.1) is 34.0 Å². The van der Waals surface area contributed by atoms with Gasteiger partial charge in [0.25, 0.3) is 11.8 Å². The highest BCUT2D eigenvalue weighted by Gasteiger charge is 2.84. The van der Waals surface area contributed by atoms with Gasteiger partial charge in [-0.25, -0.2) is 22.5 Å². The number of pyridine rings is 1. The molecule has 714 valence electrons. The van der Waals surface area contributed by atoms with Crippen LogP contribution in [0.2, 0.25) is 0 Å². The van der Waals surface area contributed by atoms with Crippen molar-refractivity contribution in [2.75, 3.05) is 0 Å². The standard InChI is InChI=1S/C14H12F8.C14H14F6.C14H14F3N.C14H16F3N.C13H13F5.C13H13F3N2.C13H15F3/c1-7(2)8-3-9(5-10(4-8)13(17,18)19)11(14(20,21)22)6-12(11,15)16;1-8(2)9-5-10(7-11(6-9)13(15,16)17)12(3-4-12)14(18,19)20;1-9(2)10-5-11(13(8-18)3-4-13)7-12(6-10)14(15,16)17;1-9(2)10-5-11(13(3,4)8-18)7-12(6-10)14(15,16)17;1-7(2)8-3-9(11-6-12(11,14)15)5-10(4-8)13(16,17)18;1-8(2)9-5-10(12(7-17)3-4-12)18-11(6-9)13(14,15)16;1-8(2)10-5-11(9-3-4-9)7-12(6-10)13(14,15)16/h3-5,7H,6H2,1-2H3;5-8H,3-4H2,1-2H3;5-7,9H,3-4H2,1-2H3;5-7,9H,1-4H3;3-5,7,11H,6H2,1-2H3;5-6,8H,3-4H2,1-2H3;5-9H,3-4H2,1-2H3. The fraction of sp³-hybridized carbons (Fsp3) is 0.537. The van der Waals surface area contributed by atoms with Crippen molar-refractivity contribution in [3.8, 4) is 18.2 Å². The lowest BCUT2D eigenvalue weighted by molar-refractivity contribution is -0.182. The minimum Gasteiger partial charge on any atom is -0.247 e. The molecule has 0 saturated heterocycles. The summed E-state index contributed by atoms with van der Waals surface area (Å²) in [6.07, 6.45) is -38.9. The van der Waals surface area contributed by atoms with Crippen LogP contribution in [0.3, 0.4) is 0 Å². The minimum absolute atomic E-state index is 0.0134. The summed E-state index contributed by atoms with van der Waals surface area (Å²) in [5.74, 6) is -8.44. The lowest BCUT2D eigenvalue weighted by atomic mass is 9.83. The zero-order valence-electron chi connectivity index (χ0n) is 73.3. The number of benzene rings is 6. The van der Waals surface area contributed by atoms with E-state index in [4.69, 9.17) is 15.8 Å². The van der Waals surface area contributed by atoms with E-state index in [9.17, 15) is 136 Å². The molecule has 1 heterocycles. The Hall–Kier alpha value is -9.23. The lowest BCUT2D eigenvalue weighted by Gasteiger charge is -2.23. The van der Waals surface area contributed by atoms with Crippen molar-refractivity contribution in [3.05, 3.63) is 238 Å². The van der Waals surface area contributed by atoms with E-state index in [1.165, 1.54) is 44.2 Å². The number of halogens is 31. The lowest BCUT2D eigenvalue weighted by Crippen LogP contribution is -2.35. The normalized spacial score (nSPS) is 18.8. The molecule has 7 aromatic rings. The number of alkyl halides is 31. The Morgan fingerprint density at radius 3 is 0.908 bits per heavy atom. The summed E-state index contributed by atoms with van der Waals surface area (Å²) in [6.45, 7) is 27.9. The second-order valence-electron chi connectivity index (χ2n) is 36.7. The van der Waals surface area contributed by atoms with Gasteiger partial charge in [0.2, 0.25) is 0 Å². The zero-order valence-corrected chi connectivity index (χ0v) is 73.3. The van der Waals surface area contributed by atoms with Crippen molar-refractivity contribution in [1.29, 1.82) is 15.8 Å². The van der Waals surface area contributed by atoms with E-state index >= 15 is 0 Å². The van der Waals surface area contributed by atoms with Gasteiger partial charge in [-0.1, -0.05) is 133 Å². The first-order valence-electron chi connectivity index (χ1n) is 41.4. The molecular formula is C95H97F31N4. The fourth-order valence-electron chi connectivity index (χ4n) is 13.9. The molecule has 6 aromatic carbocycles. The van der Waals surface area contributed by atoms with Crippen molar-refractivity contribution in [3.63, 3.8) is 0 Å². The molecule has 6 fully saturated rings. The number of hydrogen-bond donors (Lipinski definition) is 0. The largest absolute Gasteiger partial charge is 0.433 e. The predicted molar refractivity (Wildman–Crippen MR) is 427 cm³/mol. The Labute approximate surface area is 733 Å². The minimum atomic E-state index is -5.32. The molecule has 2 atom stereocenters. The Morgan fingerprint density at radius 1 is 0.323 bits per heavy atom. The van der Waals surface area contributed by atoms with Crippen molar-refractivity contribution >= 4 is 0 Å². The summed E-state index contributed by atoms with van der Waals surface area (Å²) < 4.78 is 400. The fourth-order valence-corrected chi connectivity index (χ4v) is 13.9. The van der Waals surface area contributed by atoms with Crippen LogP contribution in [-0.4, -0.2) is 29.2 Å². The molecule has 0 N–H and O–H groups in total. The van der Waals surface area contributed by atoms with Crippen molar-refractivity contribution in [2.45, 2.75) is 323 Å². The third-order valence-electron chi connectivity index (χ3n) is 23.6. The molecule has 35 heteroatoms. The molecule has 6 saturated carbocycles. The average molecular weight is 1880 g/mol. The molecular weight excluding hydrogens is 1790 g/mol. The van der Waals surface area contributed by atoms with Crippen LogP contribution in [-0.2, 0) is 70.3 Å². The van der Waals surface area contributed by atoms with E-state index in [-0.39, 0.29) is 88.8 Å². The maximum atomic E-state index is 13.4. The van der Waals surface area contributed by atoms with Gasteiger partial charge in [-0.3, -0.25) is 0 Å². The smallest absolute Gasteiger partial charge is 0.247 e. The van der Waals surface area contributed by atoms with Gasteiger partial charge in [0, 0.05) is 12.8 Å². The number of aromatic nitrogens is 1. The maximum Gasteiger partial charge on any atom is 0.433 e. The monoisotopic (exact) mass is 1880 g/mol. The third kappa shape index (κ3) is 26.4. The molecule has 2 unspecified atom stereocenters. The van der Waals surface area contributed by atoms with Gasteiger partial charge >= 0.3 is 55.6 Å². The van der Waals surface area contributed by atoms with Crippen LogP contribution in [0.5, 0.6) is 0 Å². The molecule has 130 heavy (non-hydrogen) atoms. The van der Waals surface area contributed by atoms with Gasteiger partial charge in [0.05, 0.1) is 84.9 Å². The van der Waals surface area contributed by atoms with Crippen LogP contribution in [0.15, 0.2) is 121 Å². The number of nitriles is 3. The van der Waals surface area contributed by atoms with E-state index < -0.39 is 157 Å². The Kier molecular flexibility index (Phi) is 31.5. The first-order chi connectivity index (χ1) is 58.8. The van der Waals surface area contributed by atoms with Gasteiger partial charge in [0.1, 0.15) is 5.69 Å². The molecule has 0 spiro atoms. The number of hydrogen-bond acceptors (Lipinski definition) is 4. The number of nitrogens with zero attached hydrogens (tertiary/aromatic N) is 4. The quantitative estimate of drug-likeness (QED) is 0.102. The molecule has 1 aromatic heterocycles. The zero-order chi connectivity index (χ0) is 99.4. The Bertz CT molecular complexity index is 5020. The third-order valence-corrected chi connectivity index (χ3v) is 23.6. The highest BCUT2D eigenvalue weighted by molar-refractivity contribution is 5.49. The van der Waals surface area contributed by atoms with Gasteiger partial charge in [-0.15, -0.1) is 0 Å². The van der Waals surface area contributed by atoms with Crippen molar-refractivity contribution in [2.24, 2.45) is 0 Å². The summed E-state index contributed by atoms with van der Waals surface area (Å²) >= 11 is 0. The van der Waals surface area contributed by atoms with E-state index in [2.05, 4.69) is 17.1 Å². The molecule has 0 amide bonds. The van der Waals surface area contributed by atoms with Gasteiger partial charge in [-0.2, -0.15) is 134 Å². The van der Waals surface area contributed by atoms with Gasteiger partial charge in [-0.05, 0) is 270 Å². The van der Waals surface area contributed by atoms with Crippen LogP contribution >= 0.6 is 0 Å². The highest BCUT2D eigenvalue weighted by Crippen LogP contribution is 2.70. The van der Waals surface area contributed by atoms with Crippen LogP contribution in [0.4, 0.5) is 136 Å². The van der Waals surface area contributed by atoms with Crippen LogP contribution in [0.25, 0.3) is 0 Å². The maximum absolute atomic E-state index is 13.4. The predicted octanol–water partition coefficient (Wildman–Crippen LogP) is 33.5. The highest BCUT2D eigenvalue weighted by atomic mass is 19.4. The molecule has 4 nitrogen and oxygen atoms in total. The summed E-state index contributed by atoms with van der Waals surface area (Å²) in [7, 11) is 0. The second-order valence-corrected chi connectivity index (χ2v) is 36.7. The average Bonchev–Trinajstić information content (AvgIpc) is 1.51. The van der Waals surface area contributed by atoms with Gasteiger partial charge in [0.15, 0.2) is 5.41 Å². The van der Waals surface area contributed by atoms with E-state index in [0.717, 1.165) is 72.5 Å². The second kappa shape index (κ2) is 38.0. The molecule has 0 bridgehead atoms. The van der Waals surface area contributed by atoms with E-state index in [1.54, 1.807) is 59.7 Å². The molecule has 0 radical (unpaired) electrons. The Morgan fingerprint density at radius 2 is 0.615 bits per heavy atom. The summed E-state index contributed by atoms with van der Waals surface area (Å²) in [6, 6.07) is 29.3. The van der Waals surface area contributed by atoms with E-state index in [0.29, 0.717) is 77.1 Å². The van der Waals surface area contributed by atoms with Crippen molar-refractivity contribution < 1.29 is 136 Å². The summed E-state index contributed by atoms with van der Waals surface area (Å²) in [5, 5.41) is 27.2. The molecule has 0 aliphatic heterocycles. The van der Waals surface area contributed by atoms with Gasteiger partial charge < -0.3 is 0 Å². The molecule has 6 aliphatic carbocycles. The number of rotatable bonds is 14. The molecule has 6 aliphatic rings. The molecule has 13 rings (SSSR count). The SMILES string of the molecule is CC(C)c1cc(C(F)(F)F)cc(C(C)(C)C#N)c1.CC(C)c1cc(C(F)(F)F)cc(C2(C#N)CC2)c1.CC(C)c1cc(C(F)(F)F)cc(C2(C(F)(F)F)CC2(F)F)c1.CC(C)c1cc(C(F)(F)F)cc(C2(C(F)(F)F)CC2)c1.CC(C)c1cc(C(F)(F)F)nc(C2(C#N)CC2)c1.CC(C)c1cc(C2CC2(F)F)cc(C(F)(F)F)c1.CC(C)c1cc(C2CC2)cc(C(F)(F)F)c1. The van der Waals surface area contributed by atoms with Crippen LogP contribution in [0.1, 0.15) is 345 Å². The summed E-state index contributed by atoms with van der Waals surface area (Å²) in [5.41, 5.74) is -9.79. The van der Waals surface area contributed by atoms with Crippen LogP contribution < -0.4 is 0 Å². The van der Waals surface area contributed by atoms with Crippen molar-refractivity contribution in [1.82, 2.24) is 4.98 Å². The van der Waals surface area contributed by atoms with E-state index in [1.807, 2.05) is 67.5 Å². The first kappa shape index (κ1) is 108. The first-order valence-corrected chi connectivity index (χ1v) is 41.4. The topological polar surface area (TPSA) is 84.3 Å². The summed E-state index contributed by atoms with van der Waals surface area (Å²) in [4.78, 5) is 3.64. The Balaban J connectivity index is 0.000000208.